The van der Waals surface area contributed by atoms with Gasteiger partial charge in [-0.25, -0.2) is 4.98 Å². The van der Waals surface area contributed by atoms with Crippen molar-refractivity contribution in [2.24, 2.45) is 0 Å². The summed E-state index contributed by atoms with van der Waals surface area (Å²) in [4.78, 5) is 28.5. The van der Waals surface area contributed by atoms with Crippen LogP contribution in [-0.4, -0.2) is 60.4 Å². The number of carbonyl (C=O) groups excluding carboxylic acids is 2. The van der Waals surface area contributed by atoms with Crippen LogP contribution in [0.15, 0.2) is 42.6 Å². The van der Waals surface area contributed by atoms with Crippen molar-refractivity contribution in [2.75, 3.05) is 20.3 Å². The standard InChI is InChI=1S/C24H32N2O6/c1-5-13-31-17(2)20(14-18-9-7-6-8-10-18)32-16-24(3,15-27)26-23(29)21-22(28)19(30-4)11-12-25-21/h6-12,15,17,20,28H,5,13-14,16H2,1-4H3,(H,26,29)/t17-,20+,24+/m0/s1. The average Bonchev–Trinajstić information content (AvgIpc) is 2.80. The topological polar surface area (TPSA) is 107 Å². The fourth-order valence-corrected chi connectivity index (χ4v) is 3.08. The van der Waals surface area contributed by atoms with Crippen molar-refractivity contribution in [1.29, 1.82) is 0 Å². The van der Waals surface area contributed by atoms with Crippen LogP contribution in [0.25, 0.3) is 0 Å². The van der Waals surface area contributed by atoms with Crippen LogP contribution in [0, 0.1) is 0 Å². The van der Waals surface area contributed by atoms with E-state index >= 15 is 0 Å². The van der Waals surface area contributed by atoms with E-state index in [0.29, 0.717) is 19.3 Å². The molecular formula is C24H32N2O6. The van der Waals surface area contributed by atoms with E-state index in [-0.39, 0.29) is 30.3 Å². The minimum atomic E-state index is -1.34. The summed E-state index contributed by atoms with van der Waals surface area (Å²) in [5.74, 6) is -1.00. The molecule has 0 radical (unpaired) electrons. The average molecular weight is 445 g/mol. The number of hydrogen-bond donors (Lipinski definition) is 2. The summed E-state index contributed by atoms with van der Waals surface area (Å²) in [6.07, 6.45) is 2.87. The lowest BCUT2D eigenvalue weighted by molar-refractivity contribution is -0.119. The molecule has 0 spiro atoms. The molecule has 0 bridgehead atoms. The minimum Gasteiger partial charge on any atom is -0.503 e. The van der Waals surface area contributed by atoms with E-state index in [4.69, 9.17) is 14.2 Å². The maximum Gasteiger partial charge on any atom is 0.274 e. The van der Waals surface area contributed by atoms with Crippen molar-refractivity contribution in [3.8, 4) is 11.5 Å². The number of pyridine rings is 1. The minimum absolute atomic E-state index is 0.0791. The first-order valence-electron chi connectivity index (χ1n) is 10.6. The fraction of sp³-hybridized carbons (Fsp3) is 0.458. The molecule has 3 atom stereocenters. The third-order valence-corrected chi connectivity index (χ3v) is 4.97. The molecule has 0 fully saturated rings. The zero-order valence-corrected chi connectivity index (χ0v) is 19.0. The molecule has 0 saturated heterocycles. The maximum absolute atomic E-state index is 12.7. The summed E-state index contributed by atoms with van der Waals surface area (Å²) >= 11 is 0. The Morgan fingerprint density at radius 1 is 1.25 bits per heavy atom. The van der Waals surface area contributed by atoms with Crippen LogP contribution < -0.4 is 10.1 Å². The van der Waals surface area contributed by atoms with Gasteiger partial charge < -0.3 is 29.4 Å². The molecule has 0 aliphatic carbocycles. The van der Waals surface area contributed by atoms with Gasteiger partial charge in [0.1, 0.15) is 11.8 Å². The van der Waals surface area contributed by atoms with Crippen LogP contribution in [0.2, 0.25) is 0 Å². The third kappa shape index (κ3) is 7.03. The van der Waals surface area contributed by atoms with Gasteiger partial charge in [-0.1, -0.05) is 37.3 Å². The number of aromatic nitrogens is 1. The number of nitrogens with zero attached hydrogens (tertiary/aromatic N) is 1. The Labute approximate surface area is 188 Å². The molecule has 2 N–H and O–H groups in total. The van der Waals surface area contributed by atoms with Gasteiger partial charge in [-0.2, -0.15) is 0 Å². The number of rotatable bonds is 13. The van der Waals surface area contributed by atoms with Crippen LogP contribution in [0.1, 0.15) is 43.2 Å². The smallest absolute Gasteiger partial charge is 0.274 e. The number of ether oxygens (including phenoxy) is 3. The molecule has 32 heavy (non-hydrogen) atoms. The Morgan fingerprint density at radius 2 is 1.97 bits per heavy atom. The Balaban J connectivity index is 2.12. The SMILES string of the molecule is CCCO[C@@H](C)[C@@H](Cc1ccccc1)OC[C@@](C)(C=O)NC(=O)c1nccc(OC)c1O. The molecule has 1 aromatic heterocycles. The summed E-state index contributed by atoms with van der Waals surface area (Å²) in [6, 6.07) is 11.3. The number of amides is 1. The number of carbonyl (C=O) groups is 2. The van der Waals surface area contributed by atoms with Gasteiger partial charge in [0, 0.05) is 25.3 Å². The molecular weight excluding hydrogens is 412 g/mol. The van der Waals surface area contributed by atoms with Crippen LogP contribution in [-0.2, 0) is 20.7 Å². The second-order valence-corrected chi connectivity index (χ2v) is 7.81. The molecule has 1 amide bonds. The quantitative estimate of drug-likeness (QED) is 0.458. The lowest BCUT2D eigenvalue weighted by Gasteiger charge is -2.30. The largest absolute Gasteiger partial charge is 0.503 e. The van der Waals surface area contributed by atoms with Gasteiger partial charge in [-0.15, -0.1) is 0 Å². The molecule has 0 saturated carbocycles. The van der Waals surface area contributed by atoms with E-state index in [9.17, 15) is 14.7 Å². The Kier molecular flexibility index (Phi) is 9.61. The normalized spacial score (nSPS) is 14.8. The van der Waals surface area contributed by atoms with Gasteiger partial charge in [-0.3, -0.25) is 4.79 Å². The highest BCUT2D eigenvalue weighted by atomic mass is 16.5. The van der Waals surface area contributed by atoms with Gasteiger partial charge in [0.15, 0.2) is 17.2 Å². The van der Waals surface area contributed by atoms with Gasteiger partial charge in [0.25, 0.3) is 5.91 Å². The van der Waals surface area contributed by atoms with Crippen molar-refractivity contribution in [1.82, 2.24) is 10.3 Å². The lowest BCUT2D eigenvalue weighted by atomic mass is 10.0. The molecule has 2 aromatic rings. The molecule has 0 aliphatic heterocycles. The van der Waals surface area contributed by atoms with Crippen molar-refractivity contribution in [2.45, 2.75) is 51.4 Å². The van der Waals surface area contributed by atoms with Gasteiger partial charge >= 0.3 is 0 Å². The predicted octanol–water partition coefficient (Wildman–Crippen LogP) is 2.93. The highest BCUT2D eigenvalue weighted by molar-refractivity contribution is 5.97. The molecule has 8 heteroatoms. The van der Waals surface area contributed by atoms with Gasteiger partial charge in [0.05, 0.1) is 25.9 Å². The first-order valence-corrected chi connectivity index (χ1v) is 10.6. The summed E-state index contributed by atoms with van der Waals surface area (Å²) in [6.45, 7) is 6.02. The van der Waals surface area contributed by atoms with E-state index in [1.807, 2.05) is 44.2 Å². The number of benzene rings is 1. The molecule has 174 valence electrons. The monoisotopic (exact) mass is 444 g/mol. The van der Waals surface area contributed by atoms with Crippen molar-refractivity contribution in [3.63, 3.8) is 0 Å². The van der Waals surface area contributed by atoms with Crippen LogP contribution >= 0.6 is 0 Å². The van der Waals surface area contributed by atoms with E-state index in [1.54, 1.807) is 6.92 Å². The molecule has 0 unspecified atom stereocenters. The summed E-state index contributed by atoms with van der Waals surface area (Å²) in [7, 11) is 1.37. The predicted molar refractivity (Wildman–Crippen MR) is 120 cm³/mol. The van der Waals surface area contributed by atoms with Crippen molar-refractivity contribution in [3.05, 3.63) is 53.9 Å². The number of methoxy groups -OCH3 is 1. The molecule has 1 heterocycles. The Hall–Kier alpha value is -2.97. The first-order chi connectivity index (χ1) is 15.3. The van der Waals surface area contributed by atoms with Crippen LogP contribution in [0.4, 0.5) is 0 Å². The fourth-order valence-electron chi connectivity index (χ4n) is 3.08. The maximum atomic E-state index is 12.7. The summed E-state index contributed by atoms with van der Waals surface area (Å²) in [5, 5.41) is 12.8. The van der Waals surface area contributed by atoms with E-state index in [0.717, 1.165) is 12.0 Å². The molecule has 1 aromatic carbocycles. The Morgan fingerprint density at radius 3 is 2.59 bits per heavy atom. The lowest BCUT2D eigenvalue weighted by Crippen LogP contribution is -2.52. The van der Waals surface area contributed by atoms with Crippen molar-refractivity contribution >= 4 is 12.2 Å². The zero-order chi connectivity index (χ0) is 23.6. The summed E-state index contributed by atoms with van der Waals surface area (Å²) in [5.41, 5.74) is -0.502. The highest BCUT2D eigenvalue weighted by Gasteiger charge is 2.31. The second kappa shape index (κ2) is 12.2. The van der Waals surface area contributed by atoms with Gasteiger partial charge in [0.2, 0.25) is 0 Å². The van der Waals surface area contributed by atoms with E-state index < -0.39 is 17.2 Å². The number of nitrogens with one attached hydrogen (secondary N) is 1. The molecule has 2 rings (SSSR count). The second-order valence-electron chi connectivity index (χ2n) is 7.81. The van der Waals surface area contributed by atoms with Gasteiger partial charge in [-0.05, 0) is 25.8 Å². The zero-order valence-electron chi connectivity index (χ0n) is 19.0. The van der Waals surface area contributed by atoms with E-state index in [1.165, 1.54) is 19.4 Å². The number of aromatic hydroxyl groups is 1. The van der Waals surface area contributed by atoms with Crippen LogP contribution in [0.3, 0.4) is 0 Å². The van der Waals surface area contributed by atoms with Crippen molar-refractivity contribution < 1.29 is 28.9 Å². The molecule has 8 nitrogen and oxygen atoms in total. The highest BCUT2D eigenvalue weighted by Crippen LogP contribution is 2.27. The number of aldehydes is 1. The number of hydrogen-bond acceptors (Lipinski definition) is 7. The Bertz CT molecular complexity index is 876. The van der Waals surface area contributed by atoms with Crippen LogP contribution in [0.5, 0.6) is 11.5 Å². The van der Waals surface area contributed by atoms with E-state index in [2.05, 4.69) is 10.3 Å². The third-order valence-electron chi connectivity index (χ3n) is 4.97. The summed E-state index contributed by atoms with van der Waals surface area (Å²) < 4.78 is 17.0. The molecule has 0 aliphatic rings. The first kappa shape index (κ1) is 25.3.